The summed E-state index contributed by atoms with van der Waals surface area (Å²) in [6.45, 7) is 5.15. The Labute approximate surface area is 94.2 Å². The molecular formula is C12H15FO3. The summed E-state index contributed by atoms with van der Waals surface area (Å²) >= 11 is 0. The van der Waals surface area contributed by atoms with E-state index >= 15 is 0 Å². The van der Waals surface area contributed by atoms with Crippen LogP contribution >= 0.6 is 0 Å². The molecule has 0 N–H and O–H groups in total. The molecule has 0 saturated carbocycles. The highest BCUT2D eigenvalue weighted by Crippen LogP contribution is 2.20. The van der Waals surface area contributed by atoms with Gasteiger partial charge >= 0.3 is 5.97 Å². The number of carbonyl (C=O) groups excluding carboxylic acids is 1. The molecular weight excluding hydrogens is 211 g/mol. The van der Waals surface area contributed by atoms with Crippen molar-refractivity contribution in [2.24, 2.45) is 0 Å². The first-order valence-electron chi connectivity index (χ1n) is 5.14. The zero-order valence-electron chi connectivity index (χ0n) is 9.62. The molecule has 0 bridgehead atoms. The minimum atomic E-state index is -0.809. The van der Waals surface area contributed by atoms with Crippen molar-refractivity contribution < 1.29 is 18.7 Å². The first-order chi connectivity index (χ1) is 7.56. The van der Waals surface area contributed by atoms with Crippen molar-refractivity contribution in [3.8, 4) is 5.75 Å². The standard InChI is InChI=1S/C12H15FO3/c1-4-15-12(14)9(3)16-10-7-5-6-8(2)11(10)13/h5-7,9H,4H2,1-3H3. The fraction of sp³-hybridized carbons (Fsp3) is 0.417. The van der Waals surface area contributed by atoms with Crippen LogP contribution in [0, 0.1) is 12.7 Å². The smallest absolute Gasteiger partial charge is 0.347 e. The maximum atomic E-state index is 13.5. The largest absolute Gasteiger partial charge is 0.476 e. The van der Waals surface area contributed by atoms with Gasteiger partial charge < -0.3 is 9.47 Å². The maximum Gasteiger partial charge on any atom is 0.347 e. The van der Waals surface area contributed by atoms with E-state index in [1.807, 2.05) is 0 Å². The number of aryl methyl sites for hydroxylation is 1. The second-order valence-corrected chi connectivity index (χ2v) is 3.40. The van der Waals surface area contributed by atoms with Crippen molar-refractivity contribution in [3.05, 3.63) is 29.6 Å². The third-order valence-electron chi connectivity index (χ3n) is 2.08. The molecule has 0 aliphatic heterocycles. The van der Waals surface area contributed by atoms with Crippen LogP contribution < -0.4 is 4.74 Å². The average Bonchev–Trinajstić information content (AvgIpc) is 2.25. The molecule has 1 atom stereocenters. The van der Waals surface area contributed by atoms with Crippen molar-refractivity contribution in [1.29, 1.82) is 0 Å². The summed E-state index contributed by atoms with van der Waals surface area (Å²) < 4.78 is 23.5. The Morgan fingerprint density at radius 2 is 2.19 bits per heavy atom. The lowest BCUT2D eigenvalue weighted by molar-refractivity contribution is -0.150. The van der Waals surface area contributed by atoms with E-state index < -0.39 is 17.9 Å². The van der Waals surface area contributed by atoms with Crippen LogP contribution in [0.25, 0.3) is 0 Å². The van der Waals surface area contributed by atoms with Gasteiger partial charge in [0.05, 0.1) is 6.61 Å². The molecule has 1 aromatic rings. The van der Waals surface area contributed by atoms with Crippen LogP contribution in [-0.2, 0) is 9.53 Å². The quantitative estimate of drug-likeness (QED) is 0.740. The van der Waals surface area contributed by atoms with E-state index in [0.717, 1.165) is 0 Å². The number of ether oxygens (including phenoxy) is 2. The normalized spacial score (nSPS) is 12.0. The molecule has 0 radical (unpaired) electrons. The van der Waals surface area contributed by atoms with Crippen molar-refractivity contribution in [2.75, 3.05) is 6.61 Å². The SMILES string of the molecule is CCOC(=O)C(C)Oc1cccc(C)c1F. The van der Waals surface area contributed by atoms with Crippen LogP contribution in [0.3, 0.4) is 0 Å². The van der Waals surface area contributed by atoms with E-state index in [1.54, 1.807) is 26.0 Å². The Hall–Kier alpha value is -1.58. The molecule has 16 heavy (non-hydrogen) atoms. The molecule has 88 valence electrons. The van der Waals surface area contributed by atoms with E-state index in [2.05, 4.69) is 0 Å². The zero-order valence-corrected chi connectivity index (χ0v) is 9.62. The number of carbonyl (C=O) groups is 1. The van der Waals surface area contributed by atoms with Gasteiger partial charge in [0, 0.05) is 0 Å². The topological polar surface area (TPSA) is 35.5 Å². The molecule has 1 aromatic carbocycles. The molecule has 0 spiro atoms. The number of rotatable bonds is 4. The second kappa shape index (κ2) is 5.49. The molecule has 0 saturated heterocycles. The Balaban J connectivity index is 2.73. The highest BCUT2D eigenvalue weighted by molar-refractivity contribution is 5.74. The van der Waals surface area contributed by atoms with Gasteiger partial charge in [-0.05, 0) is 32.4 Å². The molecule has 3 nitrogen and oxygen atoms in total. The molecule has 0 fully saturated rings. The Morgan fingerprint density at radius 3 is 2.81 bits per heavy atom. The predicted octanol–water partition coefficient (Wildman–Crippen LogP) is 2.46. The summed E-state index contributed by atoms with van der Waals surface area (Å²) in [5, 5.41) is 0. The van der Waals surface area contributed by atoms with Crippen molar-refractivity contribution in [1.82, 2.24) is 0 Å². The van der Waals surface area contributed by atoms with Crippen molar-refractivity contribution in [2.45, 2.75) is 26.9 Å². The second-order valence-electron chi connectivity index (χ2n) is 3.40. The van der Waals surface area contributed by atoms with Crippen LogP contribution in [0.15, 0.2) is 18.2 Å². The minimum absolute atomic E-state index is 0.0700. The maximum absolute atomic E-state index is 13.5. The molecule has 0 aromatic heterocycles. The number of hydrogen-bond acceptors (Lipinski definition) is 3. The summed E-state index contributed by atoms with van der Waals surface area (Å²) in [4.78, 5) is 11.3. The third kappa shape index (κ3) is 2.95. The van der Waals surface area contributed by atoms with Crippen LogP contribution in [0.1, 0.15) is 19.4 Å². The first kappa shape index (κ1) is 12.5. The van der Waals surface area contributed by atoms with E-state index in [9.17, 15) is 9.18 Å². The number of halogens is 1. The van der Waals surface area contributed by atoms with Crippen LogP contribution in [0.2, 0.25) is 0 Å². The van der Waals surface area contributed by atoms with Crippen LogP contribution in [0.5, 0.6) is 5.75 Å². The first-order valence-corrected chi connectivity index (χ1v) is 5.14. The summed E-state index contributed by atoms with van der Waals surface area (Å²) in [6.07, 6.45) is -0.809. The molecule has 1 rings (SSSR count). The fourth-order valence-electron chi connectivity index (χ4n) is 1.21. The van der Waals surface area contributed by atoms with E-state index in [0.29, 0.717) is 5.56 Å². The monoisotopic (exact) mass is 226 g/mol. The van der Waals surface area contributed by atoms with Gasteiger partial charge in [0.2, 0.25) is 0 Å². The summed E-state index contributed by atoms with van der Waals surface area (Å²) in [7, 11) is 0. The Bertz CT molecular complexity index is 377. The van der Waals surface area contributed by atoms with Gasteiger partial charge in [0.15, 0.2) is 17.7 Å². The molecule has 0 aliphatic rings. The van der Waals surface area contributed by atoms with Gasteiger partial charge in [0.25, 0.3) is 0 Å². The lowest BCUT2D eigenvalue weighted by Gasteiger charge is -2.14. The predicted molar refractivity (Wildman–Crippen MR) is 57.9 cm³/mol. The lowest BCUT2D eigenvalue weighted by Crippen LogP contribution is -2.26. The van der Waals surface area contributed by atoms with Gasteiger partial charge in [-0.3, -0.25) is 0 Å². The third-order valence-corrected chi connectivity index (χ3v) is 2.08. The molecule has 0 amide bonds. The summed E-state index contributed by atoms with van der Waals surface area (Å²) in [5.74, 6) is -0.873. The van der Waals surface area contributed by atoms with Crippen LogP contribution in [-0.4, -0.2) is 18.7 Å². The Kier molecular flexibility index (Phi) is 4.28. The summed E-state index contributed by atoms with van der Waals surface area (Å²) in [6, 6.07) is 4.79. The number of benzene rings is 1. The van der Waals surface area contributed by atoms with Gasteiger partial charge in [0.1, 0.15) is 0 Å². The van der Waals surface area contributed by atoms with Gasteiger partial charge in [-0.1, -0.05) is 12.1 Å². The van der Waals surface area contributed by atoms with Crippen molar-refractivity contribution >= 4 is 5.97 Å². The van der Waals surface area contributed by atoms with Gasteiger partial charge in [-0.2, -0.15) is 0 Å². The molecule has 4 heteroatoms. The van der Waals surface area contributed by atoms with Crippen molar-refractivity contribution in [3.63, 3.8) is 0 Å². The highest BCUT2D eigenvalue weighted by atomic mass is 19.1. The average molecular weight is 226 g/mol. The van der Waals surface area contributed by atoms with Gasteiger partial charge in [-0.15, -0.1) is 0 Å². The molecule has 0 heterocycles. The summed E-state index contributed by atoms with van der Waals surface area (Å²) in [5.41, 5.74) is 0.480. The van der Waals surface area contributed by atoms with E-state index in [1.165, 1.54) is 13.0 Å². The van der Waals surface area contributed by atoms with Gasteiger partial charge in [-0.25, -0.2) is 9.18 Å². The Morgan fingerprint density at radius 1 is 1.50 bits per heavy atom. The van der Waals surface area contributed by atoms with E-state index in [4.69, 9.17) is 9.47 Å². The highest BCUT2D eigenvalue weighted by Gasteiger charge is 2.17. The lowest BCUT2D eigenvalue weighted by atomic mass is 10.2. The number of esters is 1. The molecule has 1 unspecified atom stereocenters. The number of hydrogen-bond donors (Lipinski definition) is 0. The zero-order chi connectivity index (χ0) is 12.1. The fourth-order valence-corrected chi connectivity index (χ4v) is 1.21. The minimum Gasteiger partial charge on any atom is -0.476 e. The molecule has 0 aliphatic carbocycles. The van der Waals surface area contributed by atoms with Crippen LogP contribution in [0.4, 0.5) is 4.39 Å². The van der Waals surface area contributed by atoms with E-state index in [-0.39, 0.29) is 12.4 Å².